The van der Waals surface area contributed by atoms with Crippen LogP contribution in [0.4, 0.5) is 0 Å². The van der Waals surface area contributed by atoms with Gasteiger partial charge in [0.15, 0.2) is 0 Å². The van der Waals surface area contributed by atoms with Gasteiger partial charge in [-0.15, -0.1) is 0 Å². The van der Waals surface area contributed by atoms with E-state index in [-0.39, 0.29) is 0 Å². The van der Waals surface area contributed by atoms with Gasteiger partial charge in [-0.1, -0.05) is 0 Å². The minimum absolute atomic E-state index is 0.374. The molecule has 0 radical (unpaired) electrons. The van der Waals surface area contributed by atoms with Gasteiger partial charge in [0.25, 0.3) is 0 Å². The molecule has 0 fully saturated rings. The lowest BCUT2D eigenvalue weighted by Crippen LogP contribution is -1.97. The van der Waals surface area contributed by atoms with Gasteiger partial charge in [0.1, 0.15) is 18.1 Å². The van der Waals surface area contributed by atoms with Crippen molar-refractivity contribution in [3.63, 3.8) is 0 Å². The van der Waals surface area contributed by atoms with E-state index in [2.05, 4.69) is 6.07 Å². The zero-order valence-electron chi connectivity index (χ0n) is 10.1. The second kappa shape index (κ2) is 5.89. The summed E-state index contributed by atoms with van der Waals surface area (Å²) in [6.45, 7) is 0.770. The quantitative estimate of drug-likeness (QED) is 0.810. The van der Waals surface area contributed by atoms with Crippen LogP contribution in [0.2, 0.25) is 0 Å². The molecule has 0 saturated heterocycles. The van der Waals surface area contributed by atoms with Gasteiger partial charge >= 0.3 is 0 Å². The van der Waals surface area contributed by atoms with Crippen molar-refractivity contribution in [3.8, 4) is 11.8 Å². The molecule has 1 aromatic heterocycles. The minimum Gasteiger partial charge on any atom is -0.496 e. The lowest BCUT2D eigenvalue weighted by Gasteiger charge is -2.08. The zero-order valence-corrected chi connectivity index (χ0v) is 10.1. The molecule has 0 spiro atoms. The highest BCUT2D eigenvalue weighted by Gasteiger charge is 2.05. The normalized spacial score (nSPS) is 10.0. The molecule has 0 unspecified atom stereocenters. The van der Waals surface area contributed by atoms with Crippen LogP contribution in [0.1, 0.15) is 16.9 Å². The first-order valence-electron chi connectivity index (χ1n) is 5.50. The Balaban J connectivity index is 2.01. The first-order valence-corrected chi connectivity index (χ1v) is 5.50. The Morgan fingerprint density at radius 2 is 2.17 bits per heavy atom. The van der Waals surface area contributed by atoms with Crippen LogP contribution in [0.3, 0.4) is 0 Å². The van der Waals surface area contributed by atoms with Gasteiger partial charge < -0.3 is 13.9 Å². The molecule has 92 valence electrons. The average Bonchev–Trinajstić information content (AvgIpc) is 2.92. The Morgan fingerprint density at radius 1 is 1.28 bits per heavy atom. The number of hydrogen-bond acceptors (Lipinski definition) is 4. The fourth-order valence-corrected chi connectivity index (χ4v) is 1.62. The molecule has 4 heteroatoms. The van der Waals surface area contributed by atoms with E-state index < -0.39 is 0 Å². The Hall–Kier alpha value is -2.25. The van der Waals surface area contributed by atoms with Crippen LogP contribution in [0.5, 0.6) is 5.75 Å². The van der Waals surface area contributed by atoms with Crippen molar-refractivity contribution in [2.24, 2.45) is 0 Å². The van der Waals surface area contributed by atoms with Crippen molar-refractivity contribution in [2.75, 3.05) is 7.11 Å². The number of ether oxygens (including phenoxy) is 2. The molecule has 1 heterocycles. The number of nitrogens with zero attached hydrogens (tertiary/aromatic N) is 1. The summed E-state index contributed by atoms with van der Waals surface area (Å²) in [5.41, 5.74) is 1.44. The maximum absolute atomic E-state index is 8.85. The number of hydrogen-bond donors (Lipinski definition) is 0. The van der Waals surface area contributed by atoms with E-state index >= 15 is 0 Å². The zero-order chi connectivity index (χ0) is 12.8. The Labute approximate surface area is 105 Å². The van der Waals surface area contributed by atoms with Gasteiger partial charge in [-0.3, -0.25) is 0 Å². The smallest absolute Gasteiger partial charge is 0.129 e. The SMILES string of the molecule is COc1ccc(C#N)cc1COCc1ccco1. The van der Waals surface area contributed by atoms with Gasteiger partial charge in [-0.25, -0.2) is 0 Å². The summed E-state index contributed by atoms with van der Waals surface area (Å²) in [6.07, 6.45) is 1.61. The van der Waals surface area contributed by atoms with Gasteiger partial charge in [0.05, 0.1) is 31.6 Å². The summed E-state index contributed by atoms with van der Waals surface area (Å²) < 4.78 is 15.9. The molecule has 0 bridgehead atoms. The van der Waals surface area contributed by atoms with Gasteiger partial charge in [-0.2, -0.15) is 5.26 Å². The van der Waals surface area contributed by atoms with Crippen molar-refractivity contribution in [1.82, 2.24) is 0 Å². The van der Waals surface area contributed by atoms with Gasteiger partial charge in [-0.05, 0) is 30.3 Å². The van der Waals surface area contributed by atoms with E-state index in [1.165, 1.54) is 0 Å². The molecule has 2 rings (SSSR count). The molecule has 0 aliphatic rings. The molecule has 0 N–H and O–H groups in total. The van der Waals surface area contributed by atoms with Crippen molar-refractivity contribution in [3.05, 3.63) is 53.5 Å². The highest BCUT2D eigenvalue weighted by Crippen LogP contribution is 2.21. The van der Waals surface area contributed by atoms with Crippen LogP contribution in [0.15, 0.2) is 41.0 Å². The highest BCUT2D eigenvalue weighted by atomic mass is 16.5. The first-order chi connectivity index (χ1) is 8.83. The first kappa shape index (κ1) is 12.2. The lowest BCUT2D eigenvalue weighted by molar-refractivity contribution is 0.0914. The van der Waals surface area contributed by atoms with Crippen LogP contribution >= 0.6 is 0 Å². The molecule has 1 aromatic carbocycles. The minimum atomic E-state index is 0.374. The molecule has 0 aliphatic heterocycles. The Kier molecular flexibility index (Phi) is 4.00. The second-order valence-corrected chi connectivity index (χ2v) is 3.71. The third-order valence-corrected chi connectivity index (χ3v) is 2.49. The predicted molar refractivity (Wildman–Crippen MR) is 64.9 cm³/mol. The third-order valence-electron chi connectivity index (χ3n) is 2.49. The topological polar surface area (TPSA) is 55.4 Å². The number of benzene rings is 1. The summed E-state index contributed by atoms with van der Waals surface area (Å²) in [5, 5.41) is 8.85. The standard InChI is InChI=1S/C14H13NO3/c1-16-14-5-4-11(8-15)7-12(14)9-17-10-13-3-2-6-18-13/h2-7H,9-10H2,1H3. The maximum atomic E-state index is 8.85. The maximum Gasteiger partial charge on any atom is 0.129 e. The average molecular weight is 243 g/mol. The molecule has 0 saturated carbocycles. The molecule has 0 aliphatic carbocycles. The highest BCUT2D eigenvalue weighted by molar-refractivity contribution is 5.41. The van der Waals surface area contributed by atoms with E-state index in [0.717, 1.165) is 11.3 Å². The number of nitriles is 1. The molecule has 0 amide bonds. The molecule has 0 atom stereocenters. The third kappa shape index (κ3) is 2.90. The summed E-state index contributed by atoms with van der Waals surface area (Å²) in [4.78, 5) is 0. The van der Waals surface area contributed by atoms with Gasteiger partial charge in [0.2, 0.25) is 0 Å². The largest absolute Gasteiger partial charge is 0.496 e. The second-order valence-electron chi connectivity index (χ2n) is 3.71. The van der Waals surface area contributed by atoms with Gasteiger partial charge in [0, 0.05) is 5.56 Å². The Morgan fingerprint density at radius 3 is 2.83 bits per heavy atom. The summed E-state index contributed by atoms with van der Waals surface area (Å²) in [7, 11) is 1.59. The fourth-order valence-electron chi connectivity index (χ4n) is 1.62. The number of furan rings is 1. The van der Waals surface area contributed by atoms with Crippen LogP contribution in [-0.4, -0.2) is 7.11 Å². The summed E-state index contributed by atoms with van der Waals surface area (Å²) >= 11 is 0. The van der Waals surface area contributed by atoms with Crippen LogP contribution in [0.25, 0.3) is 0 Å². The van der Waals surface area contributed by atoms with Crippen molar-refractivity contribution in [1.29, 1.82) is 5.26 Å². The monoisotopic (exact) mass is 243 g/mol. The molecule has 18 heavy (non-hydrogen) atoms. The van der Waals surface area contributed by atoms with Crippen molar-refractivity contribution >= 4 is 0 Å². The van der Waals surface area contributed by atoms with E-state index in [0.29, 0.717) is 24.5 Å². The molecule has 2 aromatic rings. The number of rotatable bonds is 5. The van der Waals surface area contributed by atoms with E-state index in [1.807, 2.05) is 12.1 Å². The van der Waals surface area contributed by atoms with E-state index in [4.69, 9.17) is 19.2 Å². The van der Waals surface area contributed by atoms with Crippen molar-refractivity contribution < 1.29 is 13.9 Å². The number of methoxy groups -OCH3 is 1. The molecular weight excluding hydrogens is 230 g/mol. The van der Waals surface area contributed by atoms with Crippen molar-refractivity contribution in [2.45, 2.75) is 13.2 Å². The van der Waals surface area contributed by atoms with Crippen LogP contribution in [-0.2, 0) is 18.0 Å². The fraction of sp³-hybridized carbons (Fsp3) is 0.214. The van der Waals surface area contributed by atoms with Crippen LogP contribution < -0.4 is 4.74 Å². The Bertz CT molecular complexity index is 541. The molecule has 4 nitrogen and oxygen atoms in total. The summed E-state index contributed by atoms with van der Waals surface area (Å²) in [6, 6.07) is 11.0. The lowest BCUT2D eigenvalue weighted by atomic mass is 10.1. The van der Waals surface area contributed by atoms with Crippen LogP contribution in [0, 0.1) is 11.3 Å². The summed E-state index contributed by atoms with van der Waals surface area (Å²) in [5.74, 6) is 1.49. The van der Waals surface area contributed by atoms with E-state index in [1.54, 1.807) is 31.6 Å². The molecular formula is C14H13NO3. The van der Waals surface area contributed by atoms with E-state index in [9.17, 15) is 0 Å². The predicted octanol–water partition coefficient (Wildman–Crippen LogP) is 2.88.